The van der Waals surface area contributed by atoms with Crippen LogP contribution in [0.5, 0.6) is 0 Å². The van der Waals surface area contributed by atoms with Gasteiger partial charge in [-0.2, -0.15) is 5.10 Å². The number of hydrazone groups is 1. The molecule has 0 spiro atoms. The monoisotopic (exact) mass is 317 g/mol. The number of carbonyl (C=O) groups excluding carboxylic acids is 1. The van der Waals surface area contributed by atoms with E-state index in [0.29, 0.717) is 16.6 Å². The van der Waals surface area contributed by atoms with Crippen molar-refractivity contribution in [1.82, 2.24) is 9.99 Å². The summed E-state index contributed by atoms with van der Waals surface area (Å²) in [5, 5.41) is 4.45. The highest BCUT2D eigenvalue weighted by molar-refractivity contribution is 6.33. The lowest BCUT2D eigenvalue weighted by molar-refractivity contribution is 0.0955. The zero-order valence-corrected chi connectivity index (χ0v) is 14.0. The molecule has 5 heteroatoms. The molecule has 1 N–H and O–H groups in total. The van der Waals surface area contributed by atoms with Crippen molar-refractivity contribution in [3.05, 3.63) is 57.9 Å². The minimum atomic E-state index is -0.320. The molecule has 0 atom stereocenters. The van der Waals surface area contributed by atoms with Gasteiger partial charge in [0.15, 0.2) is 0 Å². The number of aromatic nitrogens is 1. The summed E-state index contributed by atoms with van der Waals surface area (Å²) in [4.78, 5) is 12.0. The van der Waals surface area contributed by atoms with Crippen molar-refractivity contribution in [3.63, 3.8) is 0 Å². The van der Waals surface area contributed by atoms with Crippen molar-refractivity contribution in [2.45, 2.75) is 33.7 Å². The fourth-order valence-corrected chi connectivity index (χ4v) is 2.82. The third-order valence-electron chi connectivity index (χ3n) is 3.53. The molecule has 1 aromatic heterocycles. The van der Waals surface area contributed by atoms with Crippen LogP contribution >= 0.6 is 11.6 Å². The van der Waals surface area contributed by atoms with Gasteiger partial charge in [-0.3, -0.25) is 4.79 Å². The largest absolute Gasteiger partial charge is 0.346 e. The van der Waals surface area contributed by atoms with Crippen LogP contribution in [0.3, 0.4) is 0 Å². The minimum Gasteiger partial charge on any atom is -0.346 e. The van der Waals surface area contributed by atoms with E-state index in [-0.39, 0.29) is 5.91 Å². The normalized spacial score (nSPS) is 11.4. The standard InChI is InChI=1S/C17H20ClN3O/c1-11(2)21-12(3)9-14(13(21)4)10-19-20-17(22)15-7-5-6-8-16(15)18/h5-11H,1-4H3,(H,20,22)/b19-10-. The van der Waals surface area contributed by atoms with E-state index in [9.17, 15) is 4.79 Å². The third kappa shape index (κ3) is 3.39. The Hall–Kier alpha value is -2.07. The van der Waals surface area contributed by atoms with Gasteiger partial charge in [0.05, 0.1) is 16.8 Å². The van der Waals surface area contributed by atoms with Crippen LogP contribution in [0.4, 0.5) is 0 Å². The lowest BCUT2D eigenvalue weighted by Crippen LogP contribution is -2.18. The summed E-state index contributed by atoms with van der Waals surface area (Å²) in [6.07, 6.45) is 1.66. The summed E-state index contributed by atoms with van der Waals surface area (Å²) < 4.78 is 2.23. The van der Waals surface area contributed by atoms with Gasteiger partial charge >= 0.3 is 0 Å². The first-order valence-corrected chi connectivity index (χ1v) is 7.56. The van der Waals surface area contributed by atoms with E-state index in [0.717, 1.165) is 11.3 Å². The van der Waals surface area contributed by atoms with Gasteiger partial charge < -0.3 is 4.57 Å². The molecule has 22 heavy (non-hydrogen) atoms. The van der Waals surface area contributed by atoms with Crippen LogP contribution < -0.4 is 5.43 Å². The predicted octanol–water partition coefficient (Wildman–Crippen LogP) is 4.10. The van der Waals surface area contributed by atoms with Gasteiger partial charge in [-0.15, -0.1) is 0 Å². The van der Waals surface area contributed by atoms with Crippen molar-refractivity contribution < 1.29 is 4.79 Å². The van der Waals surface area contributed by atoms with E-state index >= 15 is 0 Å². The molecule has 1 heterocycles. The molecule has 0 radical (unpaired) electrons. The Labute approximate surface area is 135 Å². The second-order valence-electron chi connectivity index (χ2n) is 5.47. The number of nitrogens with zero attached hydrogens (tertiary/aromatic N) is 2. The Balaban J connectivity index is 2.12. The Kier molecular flexibility index (Phi) is 5.03. The van der Waals surface area contributed by atoms with E-state index in [1.807, 2.05) is 6.92 Å². The first-order valence-electron chi connectivity index (χ1n) is 7.18. The molecule has 0 aliphatic rings. The zero-order chi connectivity index (χ0) is 16.3. The van der Waals surface area contributed by atoms with Gasteiger partial charge in [0.1, 0.15) is 0 Å². The number of halogens is 1. The molecule has 0 aliphatic carbocycles. The first kappa shape index (κ1) is 16.3. The van der Waals surface area contributed by atoms with Crippen LogP contribution in [-0.4, -0.2) is 16.7 Å². The van der Waals surface area contributed by atoms with Crippen LogP contribution in [-0.2, 0) is 0 Å². The molecule has 116 valence electrons. The summed E-state index contributed by atoms with van der Waals surface area (Å²) in [5.74, 6) is -0.320. The Morgan fingerprint density at radius 1 is 1.32 bits per heavy atom. The van der Waals surface area contributed by atoms with Crippen LogP contribution in [0.1, 0.15) is 47.2 Å². The topological polar surface area (TPSA) is 46.4 Å². The molecule has 0 fully saturated rings. The lowest BCUT2D eigenvalue weighted by atomic mass is 10.2. The zero-order valence-electron chi connectivity index (χ0n) is 13.2. The van der Waals surface area contributed by atoms with Gasteiger partial charge in [0.25, 0.3) is 5.91 Å². The second kappa shape index (κ2) is 6.79. The number of carbonyl (C=O) groups is 1. The van der Waals surface area contributed by atoms with E-state index < -0.39 is 0 Å². The molecule has 0 aliphatic heterocycles. The summed E-state index contributed by atoms with van der Waals surface area (Å²) in [5.41, 5.74) is 6.21. The van der Waals surface area contributed by atoms with Gasteiger partial charge in [-0.25, -0.2) is 5.43 Å². The van der Waals surface area contributed by atoms with Crippen LogP contribution in [0.2, 0.25) is 5.02 Å². The Bertz CT molecular complexity index is 717. The maximum absolute atomic E-state index is 12.0. The smallest absolute Gasteiger partial charge is 0.272 e. The molecule has 0 unspecified atom stereocenters. The van der Waals surface area contributed by atoms with Crippen molar-refractivity contribution >= 4 is 23.7 Å². The van der Waals surface area contributed by atoms with Crippen LogP contribution in [0, 0.1) is 13.8 Å². The van der Waals surface area contributed by atoms with E-state index in [4.69, 9.17) is 11.6 Å². The van der Waals surface area contributed by atoms with Crippen LogP contribution in [0.25, 0.3) is 0 Å². The fraction of sp³-hybridized carbons (Fsp3) is 0.294. The fourth-order valence-electron chi connectivity index (χ4n) is 2.59. The number of benzene rings is 1. The quantitative estimate of drug-likeness (QED) is 0.669. The third-order valence-corrected chi connectivity index (χ3v) is 3.86. The second-order valence-corrected chi connectivity index (χ2v) is 5.88. The van der Waals surface area contributed by atoms with Crippen molar-refractivity contribution in [2.24, 2.45) is 5.10 Å². The highest BCUT2D eigenvalue weighted by atomic mass is 35.5. The molecule has 2 rings (SSSR count). The highest BCUT2D eigenvalue weighted by Gasteiger charge is 2.11. The molecule has 0 bridgehead atoms. The van der Waals surface area contributed by atoms with E-state index in [1.165, 1.54) is 5.69 Å². The molecular weight excluding hydrogens is 298 g/mol. The minimum absolute atomic E-state index is 0.320. The van der Waals surface area contributed by atoms with Gasteiger partial charge in [0.2, 0.25) is 0 Å². The highest BCUT2D eigenvalue weighted by Crippen LogP contribution is 2.18. The summed E-state index contributed by atoms with van der Waals surface area (Å²) in [6, 6.07) is 9.33. The maximum atomic E-state index is 12.0. The van der Waals surface area contributed by atoms with Crippen molar-refractivity contribution in [1.29, 1.82) is 0 Å². The van der Waals surface area contributed by atoms with E-state index in [2.05, 4.69) is 41.9 Å². The van der Waals surface area contributed by atoms with Gasteiger partial charge in [-0.05, 0) is 45.9 Å². The molecule has 1 aromatic carbocycles. The Morgan fingerprint density at radius 2 is 2.00 bits per heavy atom. The number of amides is 1. The summed E-state index contributed by atoms with van der Waals surface area (Å²) in [6.45, 7) is 8.39. The number of aryl methyl sites for hydroxylation is 1. The SMILES string of the molecule is Cc1cc(/C=N\NC(=O)c2ccccc2Cl)c(C)n1C(C)C. The van der Waals surface area contributed by atoms with Crippen molar-refractivity contribution in [2.75, 3.05) is 0 Å². The van der Waals surface area contributed by atoms with Gasteiger partial charge in [0, 0.05) is 23.0 Å². The number of rotatable bonds is 4. The predicted molar refractivity (Wildman–Crippen MR) is 90.8 cm³/mol. The maximum Gasteiger partial charge on any atom is 0.272 e. The lowest BCUT2D eigenvalue weighted by Gasteiger charge is -2.13. The molecule has 0 saturated heterocycles. The molecule has 1 amide bonds. The number of hydrogen-bond acceptors (Lipinski definition) is 2. The molecule has 2 aromatic rings. The Morgan fingerprint density at radius 3 is 2.59 bits per heavy atom. The first-order chi connectivity index (χ1) is 10.4. The number of nitrogens with one attached hydrogen (secondary N) is 1. The molecule has 0 saturated carbocycles. The van der Waals surface area contributed by atoms with Gasteiger partial charge in [-0.1, -0.05) is 23.7 Å². The van der Waals surface area contributed by atoms with Crippen LogP contribution in [0.15, 0.2) is 35.4 Å². The van der Waals surface area contributed by atoms with Crippen molar-refractivity contribution in [3.8, 4) is 0 Å². The molecule has 4 nitrogen and oxygen atoms in total. The summed E-state index contributed by atoms with van der Waals surface area (Å²) >= 11 is 5.98. The summed E-state index contributed by atoms with van der Waals surface area (Å²) in [7, 11) is 0. The number of hydrogen-bond donors (Lipinski definition) is 1. The average Bonchev–Trinajstić information content (AvgIpc) is 2.73. The van der Waals surface area contributed by atoms with E-state index in [1.54, 1.807) is 30.5 Å². The molecular formula is C17H20ClN3O. The average molecular weight is 318 g/mol.